The second kappa shape index (κ2) is 38.7. The molecule has 12 heteroatoms. The van der Waals surface area contributed by atoms with Gasteiger partial charge in [0, 0.05) is 56.0 Å². The van der Waals surface area contributed by atoms with Gasteiger partial charge in [0.1, 0.15) is 6.61 Å². The Morgan fingerprint density at radius 1 is 0.672 bits per heavy atom. The molecule has 0 amide bonds. The highest BCUT2D eigenvalue weighted by atomic mass is 16.6. The summed E-state index contributed by atoms with van der Waals surface area (Å²) in [7, 11) is 5.64. The average Bonchev–Trinajstić information content (AvgIpc) is 4.22. The zero-order chi connectivity index (χ0) is 50.4. The van der Waals surface area contributed by atoms with Crippen LogP contribution in [0.4, 0.5) is 0 Å². The van der Waals surface area contributed by atoms with Crippen LogP contribution in [0.15, 0.2) is 102 Å². The normalized spacial score (nSPS) is 16.8. The highest BCUT2D eigenvalue weighted by Crippen LogP contribution is 2.30. The molecule has 0 N–H and O–H groups in total. The van der Waals surface area contributed by atoms with E-state index in [0.29, 0.717) is 18.3 Å². The Kier molecular flexibility index (Phi) is 35.6. The topological polar surface area (TPSA) is 146 Å². The van der Waals surface area contributed by atoms with Gasteiger partial charge in [0.2, 0.25) is 0 Å². The van der Waals surface area contributed by atoms with E-state index in [0.717, 1.165) is 19.8 Å². The van der Waals surface area contributed by atoms with Crippen molar-refractivity contribution in [3.05, 3.63) is 129 Å². The van der Waals surface area contributed by atoms with E-state index in [1.165, 1.54) is 112 Å². The first-order chi connectivity index (χ1) is 32.6. The standard InChI is InChI=1S/2C12H10.C5H4O3.C4H9N.C4H4O2.C3H7N.2C3H6O.4C2H6.CH3N3/c1-2-4-10-8-12-6-5-11(12)7-9(10)3-1;1-2-4-11-9(3-1)5-6-10-7-8-12(10)11;1-3-2-4(6)8-5(3)7;1-5-3-2-4-5;5-4-2-1-3-6-4;1-4-2-3-4;1-3-2-4-3;1-2-4-3-1;4*1-2;1-3-4-2/h1-4,7-8H,5-6H2;1-6H,7-8H2;2H,1H3;2-4H2,1H3;1-2H,3H2;2-3H2,1H3;3H,2H2,1H3;1-3H2;4*1-2H3;1H3. The smallest absolute Gasteiger partial charge is 0.341 e. The van der Waals surface area contributed by atoms with Crippen molar-refractivity contribution in [2.75, 3.05) is 73.7 Å². The SMILES string of the molecule is C1COC1.CC.CC.CC.CC.CC1=CC(=O)OC1=O.CC1CO1.CN1CC1.CN1CCC1.CN=[N+]=[N-].O=C1C=CCO1.c1ccc2c3c(ccc2c1)CC3.c1ccc2cc3c(cc2c1)CC3. The Morgan fingerprint density at radius 2 is 1.10 bits per heavy atom. The minimum absolute atomic E-state index is 0.227. The number of ether oxygens (including phenoxy) is 4. The van der Waals surface area contributed by atoms with Crippen LogP contribution >= 0.6 is 0 Å². The maximum atomic E-state index is 10.3. The Hall–Kier alpha value is -5.36. The zero-order valence-electron chi connectivity index (χ0n) is 43.2. The van der Waals surface area contributed by atoms with Crippen LogP contribution in [-0.2, 0) is 59.0 Å². The minimum atomic E-state index is -0.562. The number of nitrogens with zero attached hydrogens (tertiary/aromatic N) is 5. The van der Waals surface area contributed by atoms with E-state index < -0.39 is 11.9 Å². The molecule has 4 saturated heterocycles. The molecular weight excluding hydrogens is 843 g/mol. The number of carbonyl (C=O) groups excluding carboxylic acids is 3. The molecule has 12 rings (SSSR count). The molecular formula is C55H83N5O7. The second-order valence-corrected chi connectivity index (χ2v) is 14.8. The number of benzene rings is 4. The van der Waals surface area contributed by atoms with Crippen molar-refractivity contribution in [3.8, 4) is 0 Å². The summed E-state index contributed by atoms with van der Waals surface area (Å²) in [5.74, 6) is -1.32. The van der Waals surface area contributed by atoms with Gasteiger partial charge >= 0.3 is 17.9 Å². The maximum absolute atomic E-state index is 10.3. The Morgan fingerprint density at radius 3 is 1.34 bits per heavy atom. The van der Waals surface area contributed by atoms with Crippen molar-refractivity contribution >= 4 is 39.5 Å². The summed E-state index contributed by atoms with van der Waals surface area (Å²) in [6, 6.07) is 26.4. The number of hydrogen-bond acceptors (Lipinski definition) is 10. The molecule has 67 heavy (non-hydrogen) atoms. The number of carbonyl (C=O) groups is 3. The van der Waals surface area contributed by atoms with Gasteiger partial charge < -0.3 is 28.7 Å². The van der Waals surface area contributed by atoms with Gasteiger partial charge in [0.15, 0.2) is 0 Å². The van der Waals surface area contributed by atoms with Gasteiger partial charge in [-0.25, -0.2) is 14.4 Å². The van der Waals surface area contributed by atoms with Gasteiger partial charge in [-0.15, -0.1) is 0 Å². The van der Waals surface area contributed by atoms with Crippen LogP contribution in [-0.4, -0.2) is 108 Å². The fourth-order valence-corrected chi connectivity index (χ4v) is 5.46. The van der Waals surface area contributed by atoms with Crippen molar-refractivity contribution in [1.29, 1.82) is 0 Å². The Labute approximate surface area is 403 Å². The molecule has 2 aliphatic carbocycles. The second-order valence-electron chi connectivity index (χ2n) is 14.8. The molecule has 1 unspecified atom stereocenters. The first kappa shape index (κ1) is 61.6. The maximum Gasteiger partial charge on any atom is 0.341 e. The van der Waals surface area contributed by atoms with Crippen LogP contribution in [0.1, 0.15) is 104 Å². The van der Waals surface area contributed by atoms with E-state index in [-0.39, 0.29) is 5.97 Å². The lowest BCUT2D eigenvalue weighted by atomic mass is 9.84. The van der Waals surface area contributed by atoms with Crippen LogP contribution in [0.5, 0.6) is 0 Å². The Balaban J connectivity index is 0.000000741. The molecule has 12 nitrogen and oxygen atoms in total. The fraction of sp³-hybridized carbons (Fsp3) is 0.509. The van der Waals surface area contributed by atoms with Gasteiger partial charge in [-0.1, -0.05) is 133 Å². The van der Waals surface area contributed by atoms with Crippen LogP contribution in [0.2, 0.25) is 0 Å². The summed E-state index contributed by atoms with van der Waals surface area (Å²) in [4.78, 5) is 37.3. The highest BCUT2D eigenvalue weighted by molar-refractivity contribution is 6.08. The van der Waals surface area contributed by atoms with Crippen molar-refractivity contribution in [1.82, 2.24) is 9.80 Å². The van der Waals surface area contributed by atoms with Gasteiger partial charge in [0.05, 0.1) is 12.7 Å². The van der Waals surface area contributed by atoms with E-state index in [4.69, 9.17) is 15.0 Å². The molecule has 370 valence electrons. The number of aryl methyl sites for hydroxylation is 4. The van der Waals surface area contributed by atoms with E-state index in [1.807, 2.05) is 55.4 Å². The van der Waals surface area contributed by atoms with E-state index in [9.17, 15) is 14.4 Å². The fourth-order valence-electron chi connectivity index (χ4n) is 5.46. The van der Waals surface area contributed by atoms with Crippen molar-refractivity contribution in [2.24, 2.45) is 5.11 Å². The van der Waals surface area contributed by atoms with E-state index >= 15 is 0 Å². The van der Waals surface area contributed by atoms with Crippen molar-refractivity contribution in [2.45, 2.75) is 114 Å². The number of likely N-dealkylation sites (tertiary alicyclic amines) is 1. The number of hydrogen-bond donors (Lipinski definition) is 0. The molecule has 4 fully saturated rings. The third-order valence-electron chi connectivity index (χ3n) is 9.86. The van der Waals surface area contributed by atoms with Gasteiger partial charge in [-0.3, -0.25) is 0 Å². The molecule has 6 heterocycles. The Bertz CT molecular complexity index is 2030. The molecule has 4 aromatic rings. The number of esters is 3. The quantitative estimate of drug-likeness (QED) is 0.0420. The zero-order valence-corrected chi connectivity index (χ0v) is 43.2. The molecule has 0 bridgehead atoms. The molecule has 0 spiro atoms. The van der Waals surface area contributed by atoms with Crippen LogP contribution < -0.4 is 0 Å². The van der Waals surface area contributed by atoms with E-state index in [1.54, 1.807) is 28.3 Å². The van der Waals surface area contributed by atoms with Gasteiger partial charge in [-0.2, -0.15) is 0 Å². The average molecular weight is 926 g/mol. The number of epoxide rings is 1. The number of rotatable bonds is 0. The van der Waals surface area contributed by atoms with Crippen molar-refractivity contribution in [3.63, 3.8) is 0 Å². The highest BCUT2D eigenvalue weighted by Gasteiger charge is 2.19. The predicted molar refractivity (Wildman–Crippen MR) is 279 cm³/mol. The summed E-state index contributed by atoms with van der Waals surface area (Å²) in [5.41, 5.74) is 13.9. The molecule has 0 saturated carbocycles. The summed E-state index contributed by atoms with van der Waals surface area (Å²) in [6.07, 6.45) is 12.7. The largest absolute Gasteiger partial charge is 0.458 e. The summed E-state index contributed by atoms with van der Waals surface area (Å²) in [6.45, 7) is 28.3. The van der Waals surface area contributed by atoms with Crippen LogP contribution in [0.3, 0.4) is 0 Å². The molecule has 0 aromatic heterocycles. The molecule has 0 radical (unpaired) electrons. The number of likely N-dealkylation sites (N-methyl/N-ethyl adjacent to an activating group) is 1. The summed E-state index contributed by atoms with van der Waals surface area (Å²) >= 11 is 0. The van der Waals surface area contributed by atoms with E-state index in [2.05, 4.69) is 123 Å². The predicted octanol–water partition coefficient (Wildman–Crippen LogP) is 12.1. The summed E-state index contributed by atoms with van der Waals surface area (Å²) in [5, 5.41) is 8.53. The first-order valence-corrected chi connectivity index (χ1v) is 24.3. The van der Waals surface area contributed by atoms with Crippen molar-refractivity contribution < 1.29 is 33.3 Å². The van der Waals surface area contributed by atoms with Gasteiger partial charge in [-0.05, 0) is 135 Å². The molecule has 6 aliphatic heterocycles. The number of azide groups is 1. The lowest BCUT2D eigenvalue weighted by Crippen LogP contribution is -2.32. The minimum Gasteiger partial charge on any atom is -0.458 e. The number of cyclic esters (lactones) is 3. The molecule has 8 aliphatic rings. The van der Waals surface area contributed by atoms with Crippen LogP contribution in [0.25, 0.3) is 32.0 Å². The summed E-state index contributed by atoms with van der Waals surface area (Å²) < 4.78 is 17.9. The molecule has 1 atom stereocenters. The number of fused-ring (bicyclic) bond motifs is 5. The van der Waals surface area contributed by atoms with Gasteiger partial charge in [0.25, 0.3) is 0 Å². The van der Waals surface area contributed by atoms with Crippen LogP contribution in [0, 0.1) is 0 Å². The third kappa shape index (κ3) is 27.1. The first-order valence-electron chi connectivity index (χ1n) is 24.3. The monoisotopic (exact) mass is 926 g/mol. The lowest BCUT2D eigenvalue weighted by Gasteiger charge is -2.24. The lowest BCUT2D eigenvalue weighted by molar-refractivity contribution is -0.150. The third-order valence-corrected chi connectivity index (χ3v) is 9.86. The molecule has 4 aromatic carbocycles.